The summed E-state index contributed by atoms with van der Waals surface area (Å²) in [6, 6.07) is 4.39. The molecule has 1 aliphatic heterocycles. The largest absolute Gasteiger partial charge is 0.478 e. The fraction of sp³-hybridized carbons (Fsp3) is 0.429. The highest BCUT2D eigenvalue weighted by molar-refractivity contribution is 6.33. The number of hydrogen-bond donors (Lipinski definition) is 2. The van der Waals surface area contributed by atoms with E-state index >= 15 is 0 Å². The molecule has 1 aliphatic rings. The van der Waals surface area contributed by atoms with E-state index < -0.39 is 5.97 Å². The van der Waals surface area contributed by atoms with Gasteiger partial charge >= 0.3 is 5.97 Å². The standard InChI is InChI=1S/C14H17ClN2O3/c15-12-9-10(3-4-11(12)14(19)20)16-13(18)5-8-17-6-1-2-7-17/h3-4,9H,1-2,5-8H2,(H,16,18)(H,19,20). The number of hydrogen-bond acceptors (Lipinski definition) is 3. The maximum absolute atomic E-state index is 11.8. The van der Waals surface area contributed by atoms with Crippen LogP contribution in [0.4, 0.5) is 5.69 Å². The molecule has 0 atom stereocenters. The Morgan fingerprint density at radius 1 is 1.30 bits per heavy atom. The molecular formula is C14H17ClN2O3. The molecule has 5 nitrogen and oxygen atoms in total. The van der Waals surface area contributed by atoms with Gasteiger partial charge in [-0.25, -0.2) is 4.79 Å². The molecule has 108 valence electrons. The molecule has 2 N–H and O–H groups in total. The Kier molecular flexibility index (Phi) is 4.98. The topological polar surface area (TPSA) is 69.6 Å². The minimum Gasteiger partial charge on any atom is -0.478 e. The lowest BCUT2D eigenvalue weighted by Crippen LogP contribution is -2.25. The Labute approximate surface area is 122 Å². The lowest BCUT2D eigenvalue weighted by molar-refractivity contribution is -0.116. The van der Waals surface area contributed by atoms with Crippen LogP contribution in [-0.2, 0) is 4.79 Å². The molecule has 6 heteroatoms. The van der Waals surface area contributed by atoms with Gasteiger partial charge < -0.3 is 15.3 Å². The van der Waals surface area contributed by atoms with Gasteiger partial charge in [0.15, 0.2) is 0 Å². The van der Waals surface area contributed by atoms with Gasteiger partial charge in [0.2, 0.25) is 5.91 Å². The molecule has 1 aromatic carbocycles. The second kappa shape index (κ2) is 6.72. The lowest BCUT2D eigenvalue weighted by atomic mass is 10.2. The lowest BCUT2D eigenvalue weighted by Gasteiger charge is -2.14. The van der Waals surface area contributed by atoms with Crippen LogP contribution in [0.3, 0.4) is 0 Å². The summed E-state index contributed by atoms with van der Waals surface area (Å²) >= 11 is 5.85. The van der Waals surface area contributed by atoms with Gasteiger partial charge in [0.1, 0.15) is 0 Å². The van der Waals surface area contributed by atoms with Crippen LogP contribution in [0, 0.1) is 0 Å². The van der Waals surface area contributed by atoms with Gasteiger partial charge in [-0.1, -0.05) is 11.6 Å². The predicted octanol–water partition coefficient (Wildman–Crippen LogP) is 2.46. The van der Waals surface area contributed by atoms with Crippen molar-refractivity contribution in [2.24, 2.45) is 0 Å². The fourth-order valence-electron chi connectivity index (χ4n) is 2.26. The van der Waals surface area contributed by atoms with Crippen LogP contribution in [0.1, 0.15) is 29.6 Å². The quantitative estimate of drug-likeness (QED) is 0.876. The van der Waals surface area contributed by atoms with E-state index in [9.17, 15) is 9.59 Å². The number of carboxylic acid groups (broad SMARTS) is 1. The maximum atomic E-state index is 11.8. The minimum atomic E-state index is -1.08. The number of aromatic carboxylic acids is 1. The Balaban J connectivity index is 1.87. The van der Waals surface area contributed by atoms with Gasteiger partial charge in [0.25, 0.3) is 0 Å². The second-order valence-corrected chi connectivity index (χ2v) is 5.25. The third-order valence-electron chi connectivity index (χ3n) is 3.34. The van der Waals surface area contributed by atoms with E-state index in [-0.39, 0.29) is 16.5 Å². The van der Waals surface area contributed by atoms with Gasteiger partial charge in [0, 0.05) is 18.7 Å². The van der Waals surface area contributed by atoms with Crippen molar-refractivity contribution in [1.82, 2.24) is 4.90 Å². The van der Waals surface area contributed by atoms with Crippen molar-refractivity contribution in [2.75, 3.05) is 25.0 Å². The third-order valence-corrected chi connectivity index (χ3v) is 3.65. The molecular weight excluding hydrogens is 280 g/mol. The fourth-order valence-corrected chi connectivity index (χ4v) is 2.52. The Morgan fingerprint density at radius 2 is 2.00 bits per heavy atom. The molecule has 0 aromatic heterocycles. The van der Waals surface area contributed by atoms with Crippen LogP contribution < -0.4 is 5.32 Å². The highest BCUT2D eigenvalue weighted by Gasteiger charge is 2.14. The first-order valence-corrected chi connectivity index (χ1v) is 6.99. The SMILES string of the molecule is O=C(CCN1CCCC1)Nc1ccc(C(=O)O)c(Cl)c1. The summed E-state index contributed by atoms with van der Waals surface area (Å²) in [7, 11) is 0. The minimum absolute atomic E-state index is 0.0294. The molecule has 0 aliphatic carbocycles. The van der Waals surface area contributed by atoms with Gasteiger partial charge in [0.05, 0.1) is 10.6 Å². The van der Waals surface area contributed by atoms with Crippen molar-refractivity contribution in [3.05, 3.63) is 28.8 Å². The number of rotatable bonds is 5. The average molecular weight is 297 g/mol. The second-order valence-electron chi connectivity index (χ2n) is 4.85. The number of nitrogens with zero attached hydrogens (tertiary/aromatic N) is 1. The first-order valence-electron chi connectivity index (χ1n) is 6.61. The van der Waals surface area contributed by atoms with E-state index in [2.05, 4.69) is 10.2 Å². The molecule has 0 saturated carbocycles. The highest BCUT2D eigenvalue weighted by atomic mass is 35.5. The van der Waals surface area contributed by atoms with Crippen molar-refractivity contribution >= 4 is 29.2 Å². The number of halogens is 1. The van der Waals surface area contributed by atoms with Crippen LogP contribution in [-0.4, -0.2) is 41.5 Å². The molecule has 0 spiro atoms. The van der Waals surface area contributed by atoms with Crippen LogP contribution in [0.5, 0.6) is 0 Å². The zero-order valence-electron chi connectivity index (χ0n) is 11.1. The van der Waals surface area contributed by atoms with E-state index in [1.165, 1.54) is 25.0 Å². The van der Waals surface area contributed by atoms with Crippen LogP contribution in [0.25, 0.3) is 0 Å². The van der Waals surface area contributed by atoms with Crippen LogP contribution >= 0.6 is 11.6 Å². The zero-order valence-corrected chi connectivity index (χ0v) is 11.8. The average Bonchev–Trinajstić information content (AvgIpc) is 2.89. The van der Waals surface area contributed by atoms with Crippen molar-refractivity contribution in [2.45, 2.75) is 19.3 Å². The molecule has 1 amide bonds. The number of carboxylic acids is 1. The highest BCUT2D eigenvalue weighted by Crippen LogP contribution is 2.21. The molecule has 0 bridgehead atoms. The summed E-state index contributed by atoms with van der Waals surface area (Å²) in [6.45, 7) is 2.88. The molecule has 0 unspecified atom stereocenters. The van der Waals surface area contributed by atoms with E-state index in [1.807, 2.05) is 0 Å². The first-order chi connectivity index (χ1) is 9.56. The molecule has 1 aromatic rings. The number of likely N-dealkylation sites (tertiary alicyclic amines) is 1. The molecule has 1 saturated heterocycles. The molecule has 1 fully saturated rings. The summed E-state index contributed by atoms with van der Waals surface area (Å²) in [6.07, 6.45) is 2.83. The summed E-state index contributed by atoms with van der Waals surface area (Å²) in [5, 5.41) is 11.7. The monoisotopic (exact) mass is 296 g/mol. The number of nitrogens with one attached hydrogen (secondary N) is 1. The zero-order chi connectivity index (χ0) is 14.5. The summed E-state index contributed by atoms with van der Waals surface area (Å²) in [5.74, 6) is -1.17. The number of amides is 1. The number of carbonyl (C=O) groups is 2. The van der Waals surface area contributed by atoms with Crippen molar-refractivity contribution in [1.29, 1.82) is 0 Å². The molecule has 2 rings (SSSR count). The summed E-state index contributed by atoms with van der Waals surface area (Å²) < 4.78 is 0. The van der Waals surface area contributed by atoms with Gasteiger partial charge in [-0.3, -0.25) is 4.79 Å². The third kappa shape index (κ3) is 3.95. The molecule has 20 heavy (non-hydrogen) atoms. The van der Waals surface area contributed by atoms with Gasteiger partial charge in [-0.05, 0) is 44.1 Å². The van der Waals surface area contributed by atoms with Gasteiger partial charge in [-0.2, -0.15) is 0 Å². The Bertz CT molecular complexity index is 513. The number of benzene rings is 1. The first kappa shape index (κ1) is 14.8. The van der Waals surface area contributed by atoms with E-state index in [1.54, 1.807) is 6.07 Å². The predicted molar refractivity (Wildman–Crippen MR) is 77.3 cm³/mol. The van der Waals surface area contributed by atoms with Crippen molar-refractivity contribution in [3.8, 4) is 0 Å². The smallest absolute Gasteiger partial charge is 0.337 e. The Morgan fingerprint density at radius 3 is 2.60 bits per heavy atom. The Hall–Kier alpha value is -1.59. The van der Waals surface area contributed by atoms with Crippen molar-refractivity contribution < 1.29 is 14.7 Å². The molecule has 0 radical (unpaired) electrons. The normalized spacial score (nSPS) is 15.2. The van der Waals surface area contributed by atoms with E-state index in [4.69, 9.17) is 16.7 Å². The maximum Gasteiger partial charge on any atom is 0.337 e. The number of anilines is 1. The van der Waals surface area contributed by atoms with E-state index in [0.717, 1.165) is 19.6 Å². The van der Waals surface area contributed by atoms with Crippen molar-refractivity contribution in [3.63, 3.8) is 0 Å². The van der Waals surface area contributed by atoms with E-state index in [0.29, 0.717) is 12.1 Å². The van der Waals surface area contributed by atoms with Crippen LogP contribution in [0.15, 0.2) is 18.2 Å². The summed E-state index contributed by atoms with van der Waals surface area (Å²) in [4.78, 5) is 24.9. The van der Waals surface area contributed by atoms with Crippen LogP contribution in [0.2, 0.25) is 5.02 Å². The molecule has 1 heterocycles. The summed E-state index contributed by atoms with van der Waals surface area (Å²) in [5.41, 5.74) is 0.549. The van der Waals surface area contributed by atoms with Gasteiger partial charge in [-0.15, -0.1) is 0 Å². The number of carbonyl (C=O) groups excluding carboxylic acids is 1.